The van der Waals surface area contributed by atoms with Crippen LogP contribution in [-0.2, 0) is 5.41 Å². The second kappa shape index (κ2) is 9.09. The lowest BCUT2D eigenvalue weighted by atomic mass is 9.87. The number of carbonyl (C=O) groups excluding carboxylic acids is 3. The molecule has 180 valence electrons. The summed E-state index contributed by atoms with van der Waals surface area (Å²) in [6, 6.07) is 15.2. The summed E-state index contributed by atoms with van der Waals surface area (Å²) in [6.45, 7) is 6.87. The minimum atomic E-state index is -0.689. The van der Waals surface area contributed by atoms with Gasteiger partial charge in [0.1, 0.15) is 18.2 Å². The molecule has 3 aromatic rings. The SMILES string of the molecule is CC(C)(C)c1ccc(OCCNC(=O)c2ccccc2-n2c(N)c3c(cc2=O)C(=O)NC3=O)cc1. The third-order valence-corrected chi connectivity index (χ3v) is 5.72. The summed E-state index contributed by atoms with van der Waals surface area (Å²) in [7, 11) is 0. The smallest absolute Gasteiger partial charge is 0.262 e. The lowest BCUT2D eigenvalue weighted by Crippen LogP contribution is -2.31. The lowest BCUT2D eigenvalue weighted by molar-refractivity contribution is 0.0878. The van der Waals surface area contributed by atoms with E-state index in [1.807, 2.05) is 24.3 Å². The molecule has 1 aliphatic heterocycles. The van der Waals surface area contributed by atoms with Gasteiger partial charge in [-0.25, -0.2) is 0 Å². The number of nitrogens with two attached hydrogens (primary N) is 1. The highest BCUT2D eigenvalue weighted by Gasteiger charge is 2.32. The normalized spacial score (nSPS) is 12.8. The molecule has 9 nitrogen and oxygen atoms in total. The van der Waals surface area contributed by atoms with Gasteiger partial charge in [-0.15, -0.1) is 0 Å². The number of pyridine rings is 1. The Kier molecular flexibility index (Phi) is 6.17. The summed E-state index contributed by atoms with van der Waals surface area (Å²) in [6.07, 6.45) is 0. The molecule has 1 aromatic heterocycles. The Bertz CT molecular complexity index is 1380. The zero-order valence-electron chi connectivity index (χ0n) is 19.7. The van der Waals surface area contributed by atoms with Crippen molar-refractivity contribution in [2.24, 2.45) is 0 Å². The van der Waals surface area contributed by atoms with E-state index < -0.39 is 23.3 Å². The molecule has 4 N–H and O–H groups in total. The van der Waals surface area contributed by atoms with Gasteiger partial charge < -0.3 is 15.8 Å². The van der Waals surface area contributed by atoms with E-state index in [1.54, 1.807) is 24.3 Å². The minimum absolute atomic E-state index is 0.0451. The first-order chi connectivity index (χ1) is 16.6. The highest BCUT2D eigenvalue weighted by Crippen LogP contribution is 2.25. The standard InChI is InChI=1S/C26H26N4O5/c1-26(2,3)15-8-10-16(11-9-15)35-13-12-28-23(32)17-6-4-5-7-19(17)30-20(31)14-18-21(22(30)27)25(34)29-24(18)33/h4-11,14H,12-13,27H2,1-3H3,(H,28,32)(H,29,33,34). The molecule has 2 heterocycles. The molecule has 0 radical (unpaired) electrons. The van der Waals surface area contributed by atoms with E-state index in [0.29, 0.717) is 5.75 Å². The van der Waals surface area contributed by atoms with Crippen molar-refractivity contribution < 1.29 is 19.1 Å². The van der Waals surface area contributed by atoms with Crippen molar-refractivity contribution in [2.75, 3.05) is 18.9 Å². The molecule has 35 heavy (non-hydrogen) atoms. The average Bonchev–Trinajstić information content (AvgIpc) is 3.09. The maximum absolute atomic E-state index is 12.9. The molecule has 0 saturated carbocycles. The van der Waals surface area contributed by atoms with E-state index in [9.17, 15) is 19.2 Å². The lowest BCUT2D eigenvalue weighted by Gasteiger charge is -2.19. The van der Waals surface area contributed by atoms with Crippen LogP contribution in [0.15, 0.2) is 59.4 Å². The first-order valence-corrected chi connectivity index (χ1v) is 11.1. The van der Waals surface area contributed by atoms with Gasteiger partial charge in [-0.2, -0.15) is 0 Å². The number of nitrogens with one attached hydrogen (secondary N) is 2. The third kappa shape index (κ3) is 4.65. The van der Waals surface area contributed by atoms with E-state index >= 15 is 0 Å². The van der Waals surface area contributed by atoms with Crippen molar-refractivity contribution in [2.45, 2.75) is 26.2 Å². The number of rotatable bonds is 6. The van der Waals surface area contributed by atoms with Crippen LogP contribution in [0.3, 0.4) is 0 Å². The molecular weight excluding hydrogens is 448 g/mol. The van der Waals surface area contributed by atoms with Gasteiger partial charge in [0.25, 0.3) is 23.3 Å². The first-order valence-electron chi connectivity index (χ1n) is 11.1. The highest BCUT2D eigenvalue weighted by atomic mass is 16.5. The van der Waals surface area contributed by atoms with Crippen LogP contribution in [0.5, 0.6) is 5.75 Å². The number of para-hydroxylation sites is 1. The van der Waals surface area contributed by atoms with Crippen LogP contribution < -0.4 is 26.7 Å². The Hall–Kier alpha value is -4.40. The fraction of sp³-hybridized carbons (Fsp3) is 0.231. The van der Waals surface area contributed by atoms with Gasteiger partial charge in [0.2, 0.25) is 0 Å². The summed E-state index contributed by atoms with van der Waals surface area (Å²) >= 11 is 0. The van der Waals surface area contributed by atoms with Crippen LogP contribution in [0.25, 0.3) is 5.69 Å². The zero-order chi connectivity index (χ0) is 25.3. The molecule has 0 bridgehead atoms. The largest absolute Gasteiger partial charge is 0.492 e. The molecule has 3 amide bonds. The molecule has 0 saturated heterocycles. The van der Waals surface area contributed by atoms with Gasteiger partial charge in [-0.05, 0) is 35.2 Å². The Labute approximate surface area is 201 Å². The zero-order valence-corrected chi connectivity index (χ0v) is 19.7. The van der Waals surface area contributed by atoms with E-state index in [1.165, 1.54) is 5.56 Å². The van der Waals surface area contributed by atoms with Gasteiger partial charge in [-0.3, -0.25) is 29.1 Å². The number of hydrogen-bond donors (Lipinski definition) is 3. The average molecular weight is 475 g/mol. The predicted molar refractivity (Wildman–Crippen MR) is 131 cm³/mol. The van der Waals surface area contributed by atoms with E-state index in [-0.39, 0.29) is 46.8 Å². The number of anilines is 1. The van der Waals surface area contributed by atoms with Crippen molar-refractivity contribution in [1.82, 2.24) is 15.2 Å². The maximum atomic E-state index is 12.9. The number of nitrogens with zero attached hydrogens (tertiary/aromatic N) is 1. The Morgan fingerprint density at radius 3 is 2.40 bits per heavy atom. The second-order valence-electron chi connectivity index (χ2n) is 9.17. The van der Waals surface area contributed by atoms with Crippen LogP contribution in [0.1, 0.15) is 57.4 Å². The van der Waals surface area contributed by atoms with Crippen LogP contribution >= 0.6 is 0 Å². The molecule has 0 unspecified atom stereocenters. The Morgan fingerprint density at radius 2 is 1.71 bits per heavy atom. The number of hydrogen-bond acceptors (Lipinski definition) is 6. The van der Waals surface area contributed by atoms with Crippen LogP contribution in [0.4, 0.5) is 5.82 Å². The fourth-order valence-electron chi connectivity index (χ4n) is 3.87. The summed E-state index contributed by atoms with van der Waals surface area (Å²) in [5.41, 5.74) is 6.93. The van der Waals surface area contributed by atoms with Gasteiger partial charge in [-0.1, -0.05) is 45.0 Å². The number of imide groups is 1. The number of benzene rings is 2. The quantitative estimate of drug-likeness (QED) is 0.371. The Morgan fingerprint density at radius 1 is 1.03 bits per heavy atom. The van der Waals surface area contributed by atoms with Gasteiger partial charge in [0.15, 0.2) is 0 Å². The molecule has 0 aliphatic carbocycles. The monoisotopic (exact) mass is 474 g/mol. The highest BCUT2D eigenvalue weighted by molar-refractivity contribution is 6.23. The third-order valence-electron chi connectivity index (χ3n) is 5.72. The molecule has 1 aliphatic rings. The first kappa shape index (κ1) is 23.7. The Balaban J connectivity index is 1.49. The molecular formula is C26H26N4O5. The van der Waals surface area contributed by atoms with E-state index in [4.69, 9.17) is 10.5 Å². The topological polar surface area (TPSA) is 133 Å². The molecule has 0 atom stereocenters. The minimum Gasteiger partial charge on any atom is -0.492 e. The summed E-state index contributed by atoms with van der Waals surface area (Å²) in [5.74, 6) is -1.33. The fourth-order valence-corrected chi connectivity index (χ4v) is 3.87. The molecule has 0 fully saturated rings. The number of carbonyl (C=O) groups is 3. The number of ether oxygens (including phenoxy) is 1. The summed E-state index contributed by atoms with van der Waals surface area (Å²) in [5, 5.41) is 4.89. The summed E-state index contributed by atoms with van der Waals surface area (Å²) in [4.78, 5) is 49.7. The van der Waals surface area contributed by atoms with Crippen molar-refractivity contribution in [1.29, 1.82) is 0 Å². The van der Waals surface area contributed by atoms with Gasteiger partial charge >= 0.3 is 0 Å². The van der Waals surface area contributed by atoms with E-state index in [0.717, 1.165) is 10.6 Å². The van der Waals surface area contributed by atoms with Gasteiger partial charge in [0.05, 0.1) is 28.9 Å². The summed E-state index contributed by atoms with van der Waals surface area (Å²) < 4.78 is 6.77. The molecule has 0 spiro atoms. The number of amides is 3. The van der Waals surface area contributed by atoms with Crippen molar-refractivity contribution in [3.05, 3.63) is 87.2 Å². The number of nitrogen functional groups attached to an aromatic ring is 1. The van der Waals surface area contributed by atoms with Crippen molar-refractivity contribution in [3.63, 3.8) is 0 Å². The van der Waals surface area contributed by atoms with Crippen LogP contribution in [-0.4, -0.2) is 35.4 Å². The van der Waals surface area contributed by atoms with E-state index in [2.05, 4.69) is 31.4 Å². The van der Waals surface area contributed by atoms with Crippen molar-refractivity contribution in [3.8, 4) is 11.4 Å². The van der Waals surface area contributed by atoms with Crippen LogP contribution in [0.2, 0.25) is 0 Å². The number of aromatic nitrogens is 1. The molecule has 2 aromatic carbocycles. The maximum Gasteiger partial charge on any atom is 0.262 e. The number of fused-ring (bicyclic) bond motifs is 1. The predicted octanol–water partition coefficient (Wildman–Crippen LogP) is 2.41. The van der Waals surface area contributed by atoms with Crippen LogP contribution in [0, 0.1) is 0 Å². The van der Waals surface area contributed by atoms with Crippen molar-refractivity contribution >= 4 is 23.5 Å². The van der Waals surface area contributed by atoms with Gasteiger partial charge in [0, 0.05) is 6.07 Å². The molecule has 4 rings (SSSR count). The molecule has 9 heteroatoms. The second-order valence-corrected chi connectivity index (χ2v) is 9.17.